The fourth-order valence-corrected chi connectivity index (χ4v) is 2.84. The number of nitrogens with one attached hydrogen (secondary N) is 2. The smallest absolute Gasteiger partial charge is 0.409 e. The number of carbonyl (C=O) groups excluding carboxylic acids is 2. The van der Waals surface area contributed by atoms with Crippen LogP contribution < -0.4 is 10.6 Å². The minimum Gasteiger partial charge on any atom is -0.447 e. The number of hydrogen-bond donors (Lipinski definition) is 2. The van der Waals surface area contributed by atoms with E-state index < -0.39 is 0 Å². The van der Waals surface area contributed by atoms with E-state index in [9.17, 15) is 9.59 Å². The Labute approximate surface area is 175 Å². The highest BCUT2D eigenvalue weighted by Gasteiger charge is 2.12. The van der Waals surface area contributed by atoms with Crippen LogP contribution in [-0.2, 0) is 4.74 Å². The molecule has 0 bridgehead atoms. The second-order valence-electron chi connectivity index (χ2n) is 7.07. The molecule has 0 radical (unpaired) electrons. The standard InChI is InChI=1S/C21H26N6O3/c1-14(2)30-21(29)26(4)12-11-23-18-9-10-19-24-13-17(27(19)25-18)15-5-7-16(8-6-15)20(28)22-3/h5-10,13-14H,11-12H2,1-4H3,(H,22,28)(H,23,25). The van der Waals surface area contributed by atoms with Crippen molar-refractivity contribution in [2.75, 3.05) is 32.5 Å². The van der Waals surface area contributed by atoms with Crippen molar-refractivity contribution in [2.45, 2.75) is 20.0 Å². The fraction of sp³-hybridized carbons (Fsp3) is 0.333. The van der Waals surface area contributed by atoms with E-state index in [0.29, 0.717) is 30.1 Å². The molecule has 2 N–H and O–H groups in total. The van der Waals surface area contributed by atoms with Crippen LogP contribution in [0.1, 0.15) is 24.2 Å². The molecule has 2 heterocycles. The van der Waals surface area contributed by atoms with Crippen molar-refractivity contribution in [3.63, 3.8) is 0 Å². The second-order valence-corrected chi connectivity index (χ2v) is 7.07. The lowest BCUT2D eigenvalue weighted by Gasteiger charge is -2.19. The van der Waals surface area contributed by atoms with Gasteiger partial charge in [-0.1, -0.05) is 12.1 Å². The van der Waals surface area contributed by atoms with Crippen LogP contribution in [0.3, 0.4) is 0 Å². The molecule has 158 valence electrons. The molecule has 0 aliphatic heterocycles. The van der Waals surface area contributed by atoms with E-state index in [2.05, 4.69) is 20.7 Å². The molecule has 0 fully saturated rings. The molecule has 3 rings (SSSR count). The van der Waals surface area contributed by atoms with E-state index >= 15 is 0 Å². The number of likely N-dealkylation sites (N-methyl/N-ethyl adjacent to an activating group) is 1. The lowest BCUT2D eigenvalue weighted by molar-refractivity contribution is 0.0850. The Balaban J connectivity index is 1.70. The van der Waals surface area contributed by atoms with E-state index in [1.165, 1.54) is 4.90 Å². The quantitative estimate of drug-likeness (QED) is 0.621. The summed E-state index contributed by atoms with van der Waals surface area (Å²) >= 11 is 0. The second kappa shape index (κ2) is 9.25. The van der Waals surface area contributed by atoms with Crippen LogP contribution in [0, 0.1) is 0 Å². The molecule has 9 nitrogen and oxygen atoms in total. The average molecular weight is 410 g/mol. The van der Waals surface area contributed by atoms with Gasteiger partial charge in [0.15, 0.2) is 5.65 Å². The molecule has 0 atom stereocenters. The predicted octanol–water partition coefficient (Wildman–Crippen LogP) is 2.64. The summed E-state index contributed by atoms with van der Waals surface area (Å²) in [5.74, 6) is 0.529. The molecule has 3 aromatic rings. The van der Waals surface area contributed by atoms with Gasteiger partial charge in [0, 0.05) is 38.3 Å². The Hall–Kier alpha value is -3.62. The zero-order valence-corrected chi connectivity index (χ0v) is 17.5. The molecule has 0 aliphatic rings. The number of benzene rings is 1. The highest BCUT2D eigenvalue weighted by atomic mass is 16.6. The number of aromatic nitrogens is 3. The third-order valence-corrected chi connectivity index (χ3v) is 4.43. The van der Waals surface area contributed by atoms with E-state index in [1.54, 1.807) is 36.9 Å². The summed E-state index contributed by atoms with van der Waals surface area (Å²) in [6, 6.07) is 11.0. The van der Waals surface area contributed by atoms with E-state index in [1.807, 2.05) is 38.1 Å². The number of anilines is 1. The van der Waals surface area contributed by atoms with Crippen molar-refractivity contribution in [2.24, 2.45) is 0 Å². The van der Waals surface area contributed by atoms with Crippen LogP contribution in [0.15, 0.2) is 42.6 Å². The molecule has 2 amide bonds. The van der Waals surface area contributed by atoms with Gasteiger partial charge in [-0.3, -0.25) is 4.79 Å². The van der Waals surface area contributed by atoms with Crippen LogP contribution in [0.2, 0.25) is 0 Å². The van der Waals surface area contributed by atoms with Crippen molar-refractivity contribution in [3.05, 3.63) is 48.2 Å². The van der Waals surface area contributed by atoms with Gasteiger partial charge >= 0.3 is 6.09 Å². The first kappa shape index (κ1) is 21.1. The summed E-state index contributed by atoms with van der Waals surface area (Å²) in [4.78, 5) is 29.5. The zero-order chi connectivity index (χ0) is 21.7. The van der Waals surface area contributed by atoms with Crippen molar-refractivity contribution < 1.29 is 14.3 Å². The van der Waals surface area contributed by atoms with E-state index in [4.69, 9.17) is 4.74 Å². The number of fused-ring (bicyclic) bond motifs is 1. The molecule has 30 heavy (non-hydrogen) atoms. The van der Waals surface area contributed by atoms with Crippen LogP contribution >= 0.6 is 0 Å². The number of ether oxygens (including phenoxy) is 1. The average Bonchev–Trinajstić information content (AvgIpc) is 3.16. The van der Waals surface area contributed by atoms with E-state index in [0.717, 1.165) is 11.3 Å². The van der Waals surface area contributed by atoms with Gasteiger partial charge in [0.2, 0.25) is 0 Å². The van der Waals surface area contributed by atoms with Crippen LogP contribution in [0.25, 0.3) is 16.9 Å². The first-order valence-electron chi connectivity index (χ1n) is 9.72. The Morgan fingerprint density at radius 3 is 2.57 bits per heavy atom. The van der Waals surface area contributed by atoms with Crippen LogP contribution in [0.4, 0.5) is 10.6 Å². The Morgan fingerprint density at radius 1 is 1.17 bits per heavy atom. The SMILES string of the molecule is CNC(=O)c1ccc(-c2cnc3ccc(NCCN(C)C(=O)OC(C)C)nn23)cc1. The van der Waals surface area contributed by atoms with Crippen molar-refractivity contribution >= 4 is 23.5 Å². The number of amides is 2. The first-order chi connectivity index (χ1) is 14.4. The topological polar surface area (TPSA) is 101 Å². The summed E-state index contributed by atoms with van der Waals surface area (Å²) in [6.45, 7) is 4.63. The van der Waals surface area contributed by atoms with Gasteiger partial charge in [-0.05, 0) is 38.1 Å². The molecule has 0 unspecified atom stereocenters. The van der Waals surface area contributed by atoms with Gasteiger partial charge in [-0.25, -0.2) is 14.3 Å². The third kappa shape index (κ3) is 4.86. The number of hydrogen-bond acceptors (Lipinski definition) is 6. The van der Waals surface area contributed by atoms with Gasteiger partial charge in [-0.2, -0.15) is 0 Å². The number of rotatable bonds is 7. The van der Waals surface area contributed by atoms with Crippen molar-refractivity contribution in [1.29, 1.82) is 0 Å². The van der Waals surface area contributed by atoms with Crippen molar-refractivity contribution in [1.82, 2.24) is 24.8 Å². The Morgan fingerprint density at radius 2 is 1.90 bits per heavy atom. The van der Waals surface area contributed by atoms with Gasteiger partial charge in [0.05, 0.1) is 18.0 Å². The number of nitrogens with zero attached hydrogens (tertiary/aromatic N) is 4. The van der Waals surface area contributed by atoms with Gasteiger partial charge in [-0.15, -0.1) is 5.10 Å². The maximum Gasteiger partial charge on any atom is 0.409 e. The molecule has 2 aromatic heterocycles. The van der Waals surface area contributed by atoms with Gasteiger partial charge in [0.25, 0.3) is 5.91 Å². The molecule has 9 heteroatoms. The molecular weight excluding hydrogens is 384 g/mol. The predicted molar refractivity (Wildman–Crippen MR) is 115 cm³/mol. The first-order valence-corrected chi connectivity index (χ1v) is 9.72. The van der Waals surface area contributed by atoms with Gasteiger partial charge < -0.3 is 20.3 Å². The molecule has 0 aliphatic carbocycles. The zero-order valence-electron chi connectivity index (χ0n) is 17.5. The molecule has 1 aromatic carbocycles. The molecule has 0 saturated heterocycles. The third-order valence-electron chi connectivity index (χ3n) is 4.43. The highest BCUT2D eigenvalue weighted by molar-refractivity contribution is 5.94. The maximum atomic E-state index is 11.8. The van der Waals surface area contributed by atoms with Crippen molar-refractivity contribution in [3.8, 4) is 11.3 Å². The molecule has 0 spiro atoms. The summed E-state index contributed by atoms with van der Waals surface area (Å²) in [6.07, 6.45) is 1.24. The largest absolute Gasteiger partial charge is 0.447 e. The summed E-state index contributed by atoms with van der Waals surface area (Å²) in [5, 5.41) is 10.4. The van der Waals surface area contributed by atoms with E-state index in [-0.39, 0.29) is 18.1 Å². The monoisotopic (exact) mass is 410 g/mol. The Bertz CT molecular complexity index is 1030. The normalized spacial score (nSPS) is 10.8. The minimum absolute atomic E-state index is 0.133. The molecular formula is C21H26N6O3. The Kier molecular flexibility index (Phi) is 6.51. The highest BCUT2D eigenvalue weighted by Crippen LogP contribution is 2.21. The van der Waals surface area contributed by atoms with Crippen LogP contribution in [-0.4, -0.2) is 64.8 Å². The summed E-state index contributed by atoms with van der Waals surface area (Å²) in [5.41, 5.74) is 3.01. The minimum atomic E-state index is -0.354. The lowest BCUT2D eigenvalue weighted by atomic mass is 10.1. The van der Waals surface area contributed by atoms with Gasteiger partial charge in [0.1, 0.15) is 5.82 Å². The summed E-state index contributed by atoms with van der Waals surface area (Å²) < 4.78 is 6.91. The summed E-state index contributed by atoms with van der Waals surface area (Å²) in [7, 11) is 3.30. The fourth-order valence-electron chi connectivity index (χ4n) is 2.84. The molecule has 0 saturated carbocycles. The number of imidazole rings is 1. The lowest BCUT2D eigenvalue weighted by Crippen LogP contribution is -2.33. The van der Waals surface area contributed by atoms with Crippen LogP contribution in [0.5, 0.6) is 0 Å². The maximum absolute atomic E-state index is 11.8. The number of carbonyl (C=O) groups is 2.